The monoisotopic (exact) mass is 433 g/mol. The fourth-order valence-corrected chi connectivity index (χ4v) is 4.34. The van der Waals surface area contributed by atoms with Gasteiger partial charge >= 0.3 is 11.9 Å². The second-order valence-electron chi connectivity index (χ2n) is 8.53. The summed E-state index contributed by atoms with van der Waals surface area (Å²) in [6.45, 7) is 4.34. The number of carbonyl (C=O) groups is 2. The minimum atomic E-state index is -0.846. The van der Waals surface area contributed by atoms with Crippen LogP contribution < -0.4 is 0 Å². The smallest absolute Gasteiger partial charge is 0.338 e. The van der Waals surface area contributed by atoms with Crippen LogP contribution in [0.4, 0.5) is 0 Å². The summed E-state index contributed by atoms with van der Waals surface area (Å²) in [5.41, 5.74) is 5.23. The van der Waals surface area contributed by atoms with Gasteiger partial charge in [0.15, 0.2) is 0 Å². The predicted molar refractivity (Wildman–Crippen MR) is 126 cm³/mol. The van der Waals surface area contributed by atoms with Crippen LogP contribution in [0.1, 0.15) is 78.5 Å². The van der Waals surface area contributed by atoms with Gasteiger partial charge in [-0.1, -0.05) is 37.0 Å². The second-order valence-corrected chi connectivity index (χ2v) is 8.53. The average Bonchev–Trinajstić information content (AvgIpc) is 2.96. The number of hydrogen-bond acceptors (Lipinski definition) is 4. The van der Waals surface area contributed by atoms with Crippen LogP contribution in [0.25, 0.3) is 0 Å². The lowest BCUT2D eigenvalue weighted by atomic mass is 9.77. The van der Waals surface area contributed by atoms with Crippen molar-refractivity contribution in [1.29, 1.82) is 0 Å². The molecule has 5 heteroatoms. The zero-order valence-electron chi connectivity index (χ0n) is 19.3. The molecule has 32 heavy (non-hydrogen) atoms. The number of carboxylic acids is 1. The molecule has 2 aliphatic carbocycles. The first-order valence-corrected chi connectivity index (χ1v) is 11.1. The Morgan fingerprint density at radius 1 is 1.16 bits per heavy atom. The van der Waals surface area contributed by atoms with Crippen molar-refractivity contribution >= 4 is 11.9 Å². The number of allylic oxidation sites excluding steroid dienone is 5. The molecule has 0 radical (unpaired) electrons. The minimum absolute atomic E-state index is 0.00367. The van der Waals surface area contributed by atoms with Crippen molar-refractivity contribution < 1.29 is 19.4 Å². The van der Waals surface area contributed by atoms with Crippen LogP contribution in [0.2, 0.25) is 0 Å². The molecule has 168 valence electrons. The molecule has 0 spiro atoms. The van der Waals surface area contributed by atoms with E-state index in [1.54, 1.807) is 0 Å². The molecule has 1 aromatic carbocycles. The summed E-state index contributed by atoms with van der Waals surface area (Å²) in [6.07, 6.45) is 10.2. The summed E-state index contributed by atoms with van der Waals surface area (Å²) in [4.78, 5) is 26.0. The van der Waals surface area contributed by atoms with Crippen molar-refractivity contribution in [1.82, 2.24) is 4.90 Å². The third-order valence-corrected chi connectivity index (χ3v) is 5.97. The molecule has 0 aromatic heterocycles. The zero-order valence-corrected chi connectivity index (χ0v) is 19.3. The Labute approximate surface area is 190 Å². The minimum Gasteiger partial charge on any atom is -0.481 e. The van der Waals surface area contributed by atoms with Crippen molar-refractivity contribution in [2.24, 2.45) is 0 Å². The molecule has 0 saturated carbocycles. The van der Waals surface area contributed by atoms with Crippen molar-refractivity contribution in [3.8, 4) is 11.8 Å². The number of aliphatic carboxylic acids is 1. The van der Waals surface area contributed by atoms with Gasteiger partial charge in [-0.2, -0.15) is 0 Å². The molecule has 0 bridgehead atoms. The van der Waals surface area contributed by atoms with Gasteiger partial charge < -0.3 is 14.7 Å². The van der Waals surface area contributed by atoms with Gasteiger partial charge in [-0.15, -0.1) is 0 Å². The van der Waals surface area contributed by atoms with E-state index in [0.29, 0.717) is 24.5 Å². The Kier molecular flexibility index (Phi) is 7.71. The van der Waals surface area contributed by atoms with Crippen LogP contribution in [0, 0.1) is 11.8 Å². The maximum Gasteiger partial charge on any atom is 0.338 e. The summed E-state index contributed by atoms with van der Waals surface area (Å²) < 4.78 is 5.38. The van der Waals surface area contributed by atoms with Gasteiger partial charge in [-0.25, -0.2) is 4.79 Å². The summed E-state index contributed by atoms with van der Waals surface area (Å²) >= 11 is 0. The molecule has 1 N–H and O–H groups in total. The van der Waals surface area contributed by atoms with Crippen LogP contribution in [-0.4, -0.2) is 42.6 Å². The number of benzene rings is 1. The van der Waals surface area contributed by atoms with Crippen LogP contribution in [0.5, 0.6) is 0 Å². The van der Waals surface area contributed by atoms with Gasteiger partial charge in [-0.3, -0.25) is 4.79 Å². The number of rotatable bonds is 5. The Balaban J connectivity index is 1.98. The van der Waals surface area contributed by atoms with Gasteiger partial charge in [0.25, 0.3) is 0 Å². The van der Waals surface area contributed by atoms with Gasteiger partial charge in [0.1, 0.15) is 0 Å². The van der Waals surface area contributed by atoms with E-state index in [1.807, 2.05) is 51.4 Å². The second kappa shape index (κ2) is 10.5. The largest absolute Gasteiger partial charge is 0.481 e. The lowest BCUT2D eigenvalue weighted by Crippen LogP contribution is -2.28. The zero-order chi connectivity index (χ0) is 23.3. The quantitative estimate of drug-likeness (QED) is 0.523. The molecule has 0 aliphatic heterocycles. The van der Waals surface area contributed by atoms with Crippen LogP contribution in [-0.2, 0) is 9.53 Å². The molecule has 2 aliphatic rings. The number of carboxylic acid groups (broad SMARTS) is 1. The third kappa shape index (κ3) is 5.57. The predicted octanol–water partition coefficient (Wildman–Crippen LogP) is 5.00. The summed E-state index contributed by atoms with van der Waals surface area (Å²) in [5, 5.41) is 9.00. The van der Waals surface area contributed by atoms with E-state index in [9.17, 15) is 9.59 Å². The summed E-state index contributed by atoms with van der Waals surface area (Å²) in [6, 6.07) is 4.14. The fourth-order valence-electron chi connectivity index (χ4n) is 4.34. The van der Waals surface area contributed by atoms with Crippen molar-refractivity contribution in [3.05, 3.63) is 69.8 Å². The van der Waals surface area contributed by atoms with E-state index in [0.717, 1.165) is 35.1 Å². The maximum absolute atomic E-state index is 12.9. The third-order valence-electron chi connectivity index (χ3n) is 5.97. The topological polar surface area (TPSA) is 66.8 Å². The summed E-state index contributed by atoms with van der Waals surface area (Å²) in [5.74, 6) is 5.60. The Morgan fingerprint density at radius 2 is 1.94 bits per heavy atom. The molecular formula is C27H31NO4. The number of esters is 1. The first-order chi connectivity index (χ1) is 15.3. The van der Waals surface area contributed by atoms with Crippen LogP contribution in [0.15, 0.2) is 47.6 Å². The van der Waals surface area contributed by atoms with Crippen LogP contribution in [0.3, 0.4) is 0 Å². The maximum atomic E-state index is 12.9. The van der Waals surface area contributed by atoms with E-state index in [4.69, 9.17) is 9.84 Å². The van der Waals surface area contributed by atoms with E-state index in [2.05, 4.69) is 29.7 Å². The Morgan fingerprint density at radius 3 is 2.62 bits per heavy atom. The highest BCUT2D eigenvalue weighted by Crippen LogP contribution is 2.42. The number of hydrogen-bond donors (Lipinski definition) is 1. The summed E-state index contributed by atoms with van der Waals surface area (Å²) in [7, 11) is 4.09. The van der Waals surface area contributed by atoms with Gasteiger partial charge in [-0.05, 0) is 81.1 Å². The number of carbonyl (C=O) groups excluding carboxylic acids is 1. The van der Waals surface area contributed by atoms with Crippen molar-refractivity contribution in [3.63, 3.8) is 0 Å². The molecule has 0 fully saturated rings. The fraction of sp³-hybridized carbons (Fsp3) is 0.407. The molecule has 1 aromatic rings. The van der Waals surface area contributed by atoms with Crippen molar-refractivity contribution in [2.45, 2.75) is 51.5 Å². The molecule has 3 rings (SSSR count). The molecule has 0 amide bonds. The van der Waals surface area contributed by atoms with E-state index in [1.165, 1.54) is 5.56 Å². The lowest BCUT2D eigenvalue weighted by Gasteiger charge is -2.35. The lowest BCUT2D eigenvalue weighted by molar-refractivity contribution is -0.136. The standard InChI is InChI=1S/C27H31NO4/c1-5-32-27(31)23-16-21(15-22-18(2)9-14-24(26(22)23)28(3)4)13-11-19-7-6-8-20(12-10-19)17-25(29)30/h7-8,10,12,15-16,18,24H,5-6,9,14,17H2,1-4H3,(H,29,30). The van der Waals surface area contributed by atoms with E-state index < -0.39 is 5.97 Å². The van der Waals surface area contributed by atoms with Gasteiger partial charge in [0, 0.05) is 17.2 Å². The normalized spacial score (nSPS) is 19.8. The molecule has 5 nitrogen and oxygen atoms in total. The molecule has 0 saturated heterocycles. The van der Waals surface area contributed by atoms with E-state index >= 15 is 0 Å². The van der Waals surface area contributed by atoms with Gasteiger partial charge in [0.2, 0.25) is 0 Å². The highest BCUT2D eigenvalue weighted by molar-refractivity contribution is 5.92. The molecule has 0 heterocycles. The molecule has 2 unspecified atom stereocenters. The first-order valence-electron chi connectivity index (χ1n) is 11.1. The highest BCUT2D eigenvalue weighted by atomic mass is 16.5. The Bertz CT molecular complexity index is 1050. The van der Waals surface area contributed by atoms with Gasteiger partial charge in [0.05, 0.1) is 18.6 Å². The number of nitrogens with zero attached hydrogens (tertiary/aromatic N) is 1. The number of ether oxygens (including phenoxy) is 1. The first kappa shape index (κ1) is 23.6. The average molecular weight is 434 g/mol. The van der Waals surface area contributed by atoms with Crippen molar-refractivity contribution in [2.75, 3.05) is 20.7 Å². The molecular weight excluding hydrogens is 402 g/mol. The Hall–Kier alpha value is -3.10. The highest BCUT2D eigenvalue weighted by Gasteiger charge is 2.31. The van der Waals surface area contributed by atoms with E-state index in [-0.39, 0.29) is 18.4 Å². The SMILES string of the molecule is CCOC(=O)c1cc(C#CC2=CCC=C(CC(=O)O)C=C2)cc2c1C(N(C)C)CCC2C. The number of fused-ring (bicyclic) bond motifs is 1. The molecule has 2 atom stereocenters. The van der Waals surface area contributed by atoms with Crippen LogP contribution >= 0.6 is 0 Å².